The van der Waals surface area contributed by atoms with Crippen LogP contribution in [0, 0.1) is 11.3 Å². The van der Waals surface area contributed by atoms with E-state index in [0.717, 1.165) is 0 Å². The first-order valence-corrected chi connectivity index (χ1v) is 3.66. The van der Waals surface area contributed by atoms with Gasteiger partial charge >= 0.3 is 0 Å². The molecule has 1 heterocycles. The molecule has 13 heavy (non-hydrogen) atoms. The number of ether oxygens (including phenoxy) is 1. The minimum Gasteiger partial charge on any atom is -0.493 e. The third kappa shape index (κ3) is 1.11. The first-order chi connectivity index (χ1) is 6.35. The third-order valence-electron chi connectivity index (χ3n) is 1.75. The van der Waals surface area contributed by atoms with Crippen LogP contribution in [-0.2, 0) is 0 Å². The summed E-state index contributed by atoms with van der Waals surface area (Å²) >= 11 is 0. The molecule has 4 heteroatoms. The predicted octanol–water partition coefficient (Wildman–Crippen LogP) is 1.71. The van der Waals surface area contributed by atoms with E-state index < -0.39 is 0 Å². The van der Waals surface area contributed by atoms with E-state index >= 15 is 0 Å². The Morgan fingerprint density at radius 3 is 3.08 bits per heavy atom. The Kier molecular flexibility index (Phi) is 1.64. The first-order valence-electron chi connectivity index (χ1n) is 3.66. The summed E-state index contributed by atoms with van der Waals surface area (Å²) in [5, 5.41) is 8.69. The van der Waals surface area contributed by atoms with Gasteiger partial charge in [0, 0.05) is 6.07 Å². The van der Waals surface area contributed by atoms with Crippen molar-refractivity contribution in [3.63, 3.8) is 0 Å². The molecule has 0 amide bonds. The Labute approximate surface area is 74.4 Å². The van der Waals surface area contributed by atoms with Gasteiger partial charge in [-0.3, -0.25) is 0 Å². The van der Waals surface area contributed by atoms with Gasteiger partial charge in [0.25, 0.3) is 0 Å². The van der Waals surface area contributed by atoms with Gasteiger partial charge in [0.1, 0.15) is 5.52 Å². The van der Waals surface area contributed by atoms with Crippen molar-refractivity contribution in [2.45, 2.75) is 0 Å². The second-order valence-corrected chi connectivity index (χ2v) is 2.49. The lowest BCUT2D eigenvalue weighted by Crippen LogP contribution is -1.85. The van der Waals surface area contributed by atoms with Crippen LogP contribution in [0.25, 0.3) is 11.1 Å². The van der Waals surface area contributed by atoms with Gasteiger partial charge in [0.05, 0.1) is 18.7 Å². The van der Waals surface area contributed by atoms with Crippen LogP contribution >= 0.6 is 0 Å². The Morgan fingerprint density at radius 1 is 1.54 bits per heavy atom. The van der Waals surface area contributed by atoms with Crippen molar-refractivity contribution in [3.05, 3.63) is 24.1 Å². The molecule has 0 radical (unpaired) electrons. The van der Waals surface area contributed by atoms with Crippen LogP contribution in [0.2, 0.25) is 0 Å². The van der Waals surface area contributed by atoms with E-state index in [2.05, 4.69) is 4.98 Å². The van der Waals surface area contributed by atoms with Crippen LogP contribution in [-0.4, -0.2) is 12.1 Å². The molecule has 0 aliphatic carbocycles. The fourth-order valence-electron chi connectivity index (χ4n) is 1.15. The van der Waals surface area contributed by atoms with Crippen LogP contribution in [0.1, 0.15) is 5.56 Å². The number of fused-ring (bicyclic) bond motifs is 1. The quantitative estimate of drug-likeness (QED) is 0.660. The zero-order chi connectivity index (χ0) is 9.26. The highest BCUT2D eigenvalue weighted by Gasteiger charge is 2.07. The van der Waals surface area contributed by atoms with E-state index in [1.54, 1.807) is 12.1 Å². The lowest BCUT2D eigenvalue weighted by Gasteiger charge is -1.99. The molecule has 64 valence electrons. The van der Waals surface area contributed by atoms with Gasteiger partial charge in [0.15, 0.2) is 17.7 Å². The monoisotopic (exact) mass is 174 g/mol. The topological polar surface area (TPSA) is 59.0 Å². The molecule has 0 unspecified atom stereocenters. The zero-order valence-electron chi connectivity index (χ0n) is 6.94. The van der Waals surface area contributed by atoms with Crippen molar-refractivity contribution in [3.8, 4) is 11.8 Å². The average molecular weight is 174 g/mol. The lowest BCUT2D eigenvalue weighted by atomic mass is 10.2. The summed E-state index contributed by atoms with van der Waals surface area (Å²) < 4.78 is 10.1. The van der Waals surface area contributed by atoms with E-state index in [1.807, 2.05) is 6.07 Å². The molecule has 1 aromatic carbocycles. The number of rotatable bonds is 1. The van der Waals surface area contributed by atoms with Crippen molar-refractivity contribution < 1.29 is 9.15 Å². The molecule has 0 aliphatic rings. The summed E-state index contributed by atoms with van der Waals surface area (Å²) in [7, 11) is 1.53. The Bertz CT molecular complexity index is 482. The molecule has 0 spiro atoms. The van der Waals surface area contributed by atoms with Gasteiger partial charge in [0.2, 0.25) is 0 Å². The highest BCUT2D eigenvalue weighted by atomic mass is 16.5. The Balaban J connectivity index is 2.79. The number of aromatic nitrogens is 1. The van der Waals surface area contributed by atoms with E-state index in [4.69, 9.17) is 14.4 Å². The summed E-state index contributed by atoms with van der Waals surface area (Å²) in [4.78, 5) is 3.94. The molecule has 4 nitrogen and oxygen atoms in total. The number of hydrogen-bond acceptors (Lipinski definition) is 4. The number of methoxy groups -OCH3 is 1. The van der Waals surface area contributed by atoms with Gasteiger partial charge in [-0.2, -0.15) is 5.26 Å². The molecule has 0 aliphatic heterocycles. The summed E-state index contributed by atoms with van der Waals surface area (Å²) in [6.07, 6.45) is 1.33. The molecule has 0 atom stereocenters. The Morgan fingerprint density at radius 2 is 2.38 bits per heavy atom. The largest absolute Gasteiger partial charge is 0.493 e. The fraction of sp³-hybridized carbons (Fsp3) is 0.111. The van der Waals surface area contributed by atoms with E-state index in [-0.39, 0.29) is 0 Å². The molecule has 0 bridgehead atoms. The van der Waals surface area contributed by atoms with Crippen LogP contribution in [0.4, 0.5) is 0 Å². The van der Waals surface area contributed by atoms with Gasteiger partial charge in [-0.25, -0.2) is 4.98 Å². The number of nitriles is 1. The number of hydrogen-bond donors (Lipinski definition) is 0. The van der Waals surface area contributed by atoms with Gasteiger partial charge in [-0.1, -0.05) is 0 Å². The van der Waals surface area contributed by atoms with E-state index in [1.165, 1.54) is 13.5 Å². The second kappa shape index (κ2) is 2.79. The number of nitrogens with zero attached hydrogens (tertiary/aromatic N) is 2. The summed E-state index contributed by atoms with van der Waals surface area (Å²) in [5.74, 6) is 0.534. The highest BCUT2D eigenvalue weighted by Crippen LogP contribution is 2.25. The maximum absolute atomic E-state index is 8.69. The van der Waals surface area contributed by atoms with E-state index in [9.17, 15) is 0 Å². The normalized spacial score (nSPS) is 9.85. The number of oxazole rings is 1. The van der Waals surface area contributed by atoms with Crippen LogP contribution in [0.15, 0.2) is 22.9 Å². The van der Waals surface area contributed by atoms with Crippen LogP contribution in [0.3, 0.4) is 0 Å². The lowest BCUT2D eigenvalue weighted by molar-refractivity contribution is 0.410. The van der Waals surface area contributed by atoms with Crippen molar-refractivity contribution in [2.75, 3.05) is 7.11 Å². The number of benzene rings is 1. The predicted molar refractivity (Wildman–Crippen MR) is 45.3 cm³/mol. The van der Waals surface area contributed by atoms with E-state index in [0.29, 0.717) is 22.4 Å². The summed E-state index contributed by atoms with van der Waals surface area (Å²) in [6, 6.07) is 5.29. The van der Waals surface area contributed by atoms with Crippen molar-refractivity contribution in [1.29, 1.82) is 5.26 Å². The Hall–Kier alpha value is -2.02. The summed E-state index contributed by atoms with van der Waals surface area (Å²) in [5.41, 5.74) is 1.72. The average Bonchev–Trinajstić information content (AvgIpc) is 2.63. The van der Waals surface area contributed by atoms with Gasteiger partial charge in [-0.15, -0.1) is 0 Å². The SMILES string of the molecule is COc1cc(C#N)cc2ncoc12. The molecule has 1 aromatic heterocycles. The maximum Gasteiger partial charge on any atom is 0.196 e. The third-order valence-corrected chi connectivity index (χ3v) is 1.75. The van der Waals surface area contributed by atoms with Crippen molar-refractivity contribution >= 4 is 11.1 Å². The fourth-order valence-corrected chi connectivity index (χ4v) is 1.15. The van der Waals surface area contributed by atoms with Crippen molar-refractivity contribution in [1.82, 2.24) is 4.98 Å². The molecule has 2 rings (SSSR count). The molecule has 0 N–H and O–H groups in total. The molecule has 0 saturated carbocycles. The van der Waals surface area contributed by atoms with Gasteiger partial charge in [-0.05, 0) is 6.07 Å². The standard InChI is InChI=1S/C9H6N2O2/c1-12-8-3-6(4-10)2-7-9(8)13-5-11-7/h2-3,5H,1H3. The molecule has 2 aromatic rings. The first kappa shape index (κ1) is 7.62. The molecular weight excluding hydrogens is 168 g/mol. The maximum atomic E-state index is 8.69. The molecule has 0 saturated heterocycles. The highest BCUT2D eigenvalue weighted by molar-refractivity contribution is 5.80. The second-order valence-electron chi connectivity index (χ2n) is 2.49. The molecular formula is C9H6N2O2. The van der Waals surface area contributed by atoms with Crippen LogP contribution < -0.4 is 4.74 Å². The zero-order valence-corrected chi connectivity index (χ0v) is 6.94. The molecule has 0 fully saturated rings. The smallest absolute Gasteiger partial charge is 0.196 e. The summed E-state index contributed by atoms with van der Waals surface area (Å²) in [6.45, 7) is 0. The van der Waals surface area contributed by atoms with Gasteiger partial charge < -0.3 is 9.15 Å². The van der Waals surface area contributed by atoms with Crippen molar-refractivity contribution in [2.24, 2.45) is 0 Å². The minimum atomic E-state index is 0.512. The van der Waals surface area contributed by atoms with Crippen LogP contribution in [0.5, 0.6) is 5.75 Å². The minimum absolute atomic E-state index is 0.512.